The molecular weight excluding hydrogens is 207 g/mol. The maximum atomic E-state index is 4.47. The van der Waals surface area contributed by atoms with Gasteiger partial charge in [0.1, 0.15) is 0 Å². The first kappa shape index (κ1) is 15.9. The Labute approximate surface area is 93.4 Å². The molecule has 0 aliphatic rings. The molecule has 2 nitrogen and oxygen atoms in total. The van der Waals surface area contributed by atoms with Crippen LogP contribution in [-0.4, -0.2) is 24.2 Å². The van der Waals surface area contributed by atoms with Gasteiger partial charge in [0.15, 0.2) is 0 Å². The minimum absolute atomic E-state index is 0. The summed E-state index contributed by atoms with van der Waals surface area (Å²) < 4.78 is 0. The molecule has 3 heteroatoms. The molecule has 0 aromatic rings. The van der Waals surface area contributed by atoms with E-state index < -0.39 is 0 Å². The molecule has 0 aromatic heterocycles. The van der Waals surface area contributed by atoms with Gasteiger partial charge in [0.25, 0.3) is 0 Å². The zero-order valence-corrected chi connectivity index (χ0v) is 10.7. The van der Waals surface area contributed by atoms with E-state index in [9.17, 15) is 0 Å². The fourth-order valence-corrected chi connectivity index (χ4v) is 0.771. The van der Waals surface area contributed by atoms with Crippen molar-refractivity contribution in [1.82, 2.24) is 0 Å². The minimum Gasteiger partial charge on any atom is -0.659 e. The number of hydrogen-bond donors (Lipinski definition) is 0. The Hall–Kier alpha value is 0.426. The van der Waals surface area contributed by atoms with E-state index in [1.54, 1.807) is 0 Å². The third-order valence-electron chi connectivity index (χ3n) is 1.27. The van der Waals surface area contributed by atoms with Crippen LogP contribution in [0, 0.1) is 0 Å². The maximum absolute atomic E-state index is 4.47. The topological polar surface area (TPSA) is 28.2 Å². The molecule has 0 atom stereocenters. The summed E-state index contributed by atoms with van der Waals surface area (Å²) >= 11 is 0. The van der Waals surface area contributed by atoms with Crippen molar-refractivity contribution in [3.63, 3.8) is 0 Å². The summed E-state index contributed by atoms with van der Waals surface area (Å²) in [7, 11) is 0. The quantitative estimate of drug-likeness (QED) is 0.664. The van der Waals surface area contributed by atoms with E-state index in [2.05, 4.69) is 52.2 Å². The summed E-state index contributed by atoms with van der Waals surface area (Å²) in [5.41, 5.74) is 0.181. The van der Waals surface area contributed by atoms with Crippen LogP contribution in [0.15, 0.2) is 0 Å². The van der Waals surface area contributed by atoms with E-state index in [1.807, 2.05) is 0 Å². The normalized spacial score (nSPS) is 12.5. The van der Waals surface area contributed by atoms with Crippen LogP contribution < -0.4 is 0 Å². The van der Waals surface area contributed by atoms with Gasteiger partial charge in [-0.25, -0.2) is 0 Å². The summed E-state index contributed by atoms with van der Waals surface area (Å²) in [6.45, 7) is 14.4. The maximum Gasteiger partial charge on any atom is 2.00 e. The molecule has 13 heavy (non-hydrogen) atoms. The SMILES string of the molecule is CC(C)(C)[N-]CC[N-]C(C)(C)C.[Co+2]. The van der Waals surface area contributed by atoms with Gasteiger partial charge in [0, 0.05) is 0 Å². The largest absolute Gasteiger partial charge is 2.00 e. The van der Waals surface area contributed by atoms with Crippen molar-refractivity contribution in [2.45, 2.75) is 52.6 Å². The van der Waals surface area contributed by atoms with E-state index >= 15 is 0 Å². The average molecular weight is 229 g/mol. The Morgan fingerprint density at radius 1 is 0.692 bits per heavy atom. The van der Waals surface area contributed by atoms with Crippen molar-refractivity contribution in [1.29, 1.82) is 0 Å². The molecule has 81 valence electrons. The molecule has 0 saturated heterocycles. The Bertz CT molecular complexity index is 106. The third kappa shape index (κ3) is 15.2. The van der Waals surface area contributed by atoms with Gasteiger partial charge in [0.2, 0.25) is 0 Å². The number of nitrogens with zero attached hydrogens (tertiary/aromatic N) is 2. The van der Waals surface area contributed by atoms with E-state index in [4.69, 9.17) is 0 Å². The van der Waals surface area contributed by atoms with Crippen LogP contribution in [-0.2, 0) is 16.8 Å². The van der Waals surface area contributed by atoms with Crippen LogP contribution in [0.3, 0.4) is 0 Å². The van der Waals surface area contributed by atoms with Crippen LogP contribution >= 0.6 is 0 Å². The van der Waals surface area contributed by atoms with Gasteiger partial charge in [-0.15, -0.1) is 11.1 Å². The third-order valence-corrected chi connectivity index (χ3v) is 1.27. The fraction of sp³-hybridized carbons (Fsp3) is 1.00. The second-order valence-electron chi connectivity index (χ2n) is 5.11. The summed E-state index contributed by atoms with van der Waals surface area (Å²) in [6, 6.07) is 0. The molecule has 0 saturated carbocycles. The van der Waals surface area contributed by atoms with Crippen molar-refractivity contribution in [2.75, 3.05) is 13.1 Å². The van der Waals surface area contributed by atoms with Gasteiger partial charge in [0.05, 0.1) is 0 Å². The van der Waals surface area contributed by atoms with Crippen LogP contribution in [0.2, 0.25) is 0 Å². The molecule has 1 radical (unpaired) electrons. The van der Waals surface area contributed by atoms with Gasteiger partial charge in [-0.3, -0.25) is 0 Å². The van der Waals surface area contributed by atoms with Gasteiger partial charge in [-0.1, -0.05) is 41.5 Å². The molecule has 0 aliphatic carbocycles. The second-order valence-corrected chi connectivity index (χ2v) is 5.11. The molecule has 0 spiro atoms. The standard InChI is InChI=1S/C10H22N2.Co/c1-9(2,3)11-7-8-12-10(4,5)6;/h7-8H2,1-6H3;/q-2;+2. The zero-order valence-electron chi connectivity index (χ0n) is 9.64. The molecule has 0 aromatic carbocycles. The van der Waals surface area contributed by atoms with Gasteiger partial charge in [-0.05, 0) is 0 Å². The fourth-order valence-electron chi connectivity index (χ4n) is 0.771. The monoisotopic (exact) mass is 229 g/mol. The molecule has 0 fully saturated rings. The van der Waals surface area contributed by atoms with Crippen molar-refractivity contribution in [2.24, 2.45) is 0 Å². The molecule has 0 rings (SSSR count). The van der Waals surface area contributed by atoms with Crippen LogP contribution in [0.25, 0.3) is 10.6 Å². The van der Waals surface area contributed by atoms with E-state index in [-0.39, 0.29) is 27.9 Å². The number of rotatable bonds is 3. The average Bonchev–Trinajstić information content (AvgIpc) is 1.76. The Morgan fingerprint density at radius 2 is 0.923 bits per heavy atom. The van der Waals surface area contributed by atoms with E-state index in [0.717, 1.165) is 13.1 Å². The van der Waals surface area contributed by atoms with Gasteiger partial charge in [-0.2, -0.15) is 13.1 Å². The predicted molar refractivity (Wildman–Crippen MR) is 56.0 cm³/mol. The molecule has 0 aliphatic heterocycles. The summed E-state index contributed by atoms with van der Waals surface area (Å²) in [6.07, 6.45) is 0. The van der Waals surface area contributed by atoms with Crippen molar-refractivity contribution >= 4 is 0 Å². The molecule has 0 unspecified atom stereocenters. The zero-order chi connectivity index (χ0) is 9.83. The van der Waals surface area contributed by atoms with Crippen LogP contribution in [0.1, 0.15) is 41.5 Å². The first-order valence-corrected chi connectivity index (χ1v) is 4.58. The number of hydrogen-bond acceptors (Lipinski definition) is 0. The van der Waals surface area contributed by atoms with Gasteiger partial charge >= 0.3 is 16.8 Å². The van der Waals surface area contributed by atoms with E-state index in [1.165, 1.54) is 0 Å². The first-order chi connectivity index (χ1) is 5.21. The smallest absolute Gasteiger partial charge is 0.659 e. The van der Waals surface area contributed by atoms with Gasteiger partial charge < -0.3 is 10.6 Å². The van der Waals surface area contributed by atoms with Crippen molar-refractivity contribution in [3.05, 3.63) is 10.6 Å². The first-order valence-electron chi connectivity index (χ1n) is 4.58. The summed E-state index contributed by atoms with van der Waals surface area (Å²) in [5, 5.41) is 8.93. The predicted octanol–water partition coefficient (Wildman–Crippen LogP) is 3.33. The van der Waals surface area contributed by atoms with Crippen LogP contribution in [0.4, 0.5) is 0 Å². The summed E-state index contributed by atoms with van der Waals surface area (Å²) in [4.78, 5) is 0. The molecule has 0 N–H and O–H groups in total. The minimum atomic E-state index is 0. The summed E-state index contributed by atoms with van der Waals surface area (Å²) in [5.74, 6) is 0. The Morgan fingerprint density at radius 3 is 1.08 bits per heavy atom. The van der Waals surface area contributed by atoms with Crippen molar-refractivity contribution in [3.8, 4) is 0 Å². The second kappa shape index (κ2) is 6.01. The molecule has 0 amide bonds. The molecular formula is C10H22CoN2. The Balaban J connectivity index is 0. The molecule has 0 heterocycles. The van der Waals surface area contributed by atoms with Crippen molar-refractivity contribution < 1.29 is 16.8 Å². The van der Waals surface area contributed by atoms with E-state index in [0.29, 0.717) is 0 Å². The molecule has 0 bridgehead atoms. The van der Waals surface area contributed by atoms with Crippen LogP contribution in [0.5, 0.6) is 0 Å². The Kier molecular flexibility index (Phi) is 7.34.